The molecule has 1 amide bonds. The highest BCUT2D eigenvalue weighted by Crippen LogP contribution is 2.07. The predicted molar refractivity (Wildman–Crippen MR) is 62.2 cm³/mol. The number of nitrogens with zero attached hydrogens (tertiary/aromatic N) is 4. The highest BCUT2D eigenvalue weighted by molar-refractivity contribution is 5.92. The van der Waals surface area contributed by atoms with Gasteiger partial charge in [-0.1, -0.05) is 0 Å². The van der Waals surface area contributed by atoms with Crippen LogP contribution in [0.1, 0.15) is 10.5 Å². The van der Waals surface area contributed by atoms with Gasteiger partial charge in [0, 0.05) is 26.2 Å². The van der Waals surface area contributed by atoms with Crippen molar-refractivity contribution in [3.63, 3.8) is 0 Å². The minimum atomic E-state index is -0.453. The number of pyridine rings is 1. The van der Waals surface area contributed by atoms with Crippen LogP contribution in [0, 0.1) is 17.1 Å². The van der Waals surface area contributed by atoms with E-state index in [4.69, 9.17) is 5.26 Å². The van der Waals surface area contributed by atoms with Crippen molar-refractivity contribution in [1.29, 1.82) is 5.26 Å². The number of piperazine rings is 1. The van der Waals surface area contributed by atoms with E-state index in [0.717, 1.165) is 6.20 Å². The molecule has 0 spiro atoms. The molecule has 1 saturated heterocycles. The van der Waals surface area contributed by atoms with Crippen LogP contribution in [0.25, 0.3) is 0 Å². The van der Waals surface area contributed by atoms with Gasteiger partial charge in [-0.2, -0.15) is 5.26 Å². The molecule has 1 fully saturated rings. The molecule has 0 bridgehead atoms. The van der Waals surface area contributed by atoms with Crippen molar-refractivity contribution in [2.24, 2.45) is 0 Å². The van der Waals surface area contributed by atoms with Crippen molar-refractivity contribution >= 4 is 5.91 Å². The van der Waals surface area contributed by atoms with Gasteiger partial charge in [0.15, 0.2) is 0 Å². The molecular weight excluding hydrogens is 235 g/mol. The number of carbonyl (C=O) groups is 1. The summed E-state index contributed by atoms with van der Waals surface area (Å²) in [6.45, 7) is 2.89. The highest BCUT2D eigenvalue weighted by atomic mass is 19.1. The first-order valence-electron chi connectivity index (χ1n) is 5.71. The van der Waals surface area contributed by atoms with Gasteiger partial charge in [-0.25, -0.2) is 9.37 Å². The standard InChI is InChI=1S/C12H13FN4O/c13-10-1-2-11(15-9-10)12(18)17-7-5-16(4-3-14)6-8-17/h1-2,9H,4-8H2. The monoisotopic (exact) mass is 248 g/mol. The van der Waals surface area contributed by atoms with Gasteiger partial charge in [0.2, 0.25) is 0 Å². The molecule has 0 N–H and O–H groups in total. The summed E-state index contributed by atoms with van der Waals surface area (Å²) in [6, 6.07) is 4.70. The topological polar surface area (TPSA) is 60.2 Å². The van der Waals surface area contributed by atoms with E-state index in [1.165, 1.54) is 12.1 Å². The lowest BCUT2D eigenvalue weighted by atomic mass is 10.2. The van der Waals surface area contributed by atoms with Crippen LogP contribution in [0.4, 0.5) is 4.39 Å². The molecule has 5 nitrogen and oxygen atoms in total. The molecule has 6 heteroatoms. The Morgan fingerprint density at radius 1 is 1.39 bits per heavy atom. The Hall–Kier alpha value is -2.00. The molecule has 0 aromatic carbocycles. The lowest BCUT2D eigenvalue weighted by molar-refractivity contribution is 0.0646. The summed E-state index contributed by atoms with van der Waals surface area (Å²) in [7, 11) is 0. The number of carbonyl (C=O) groups excluding carboxylic acids is 1. The zero-order valence-corrected chi connectivity index (χ0v) is 9.84. The van der Waals surface area contributed by atoms with Crippen LogP contribution in [0.3, 0.4) is 0 Å². The zero-order valence-electron chi connectivity index (χ0n) is 9.84. The van der Waals surface area contributed by atoms with Gasteiger partial charge in [-0.3, -0.25) is 9.69 Å². The minimum Gasteiger partial charge on any atom is -0.335 e. The van der Waals surface area contributed by atoms with Gasteiger partial charge in [-0.15, -0.1) is 0 Å². The molecule has 1 aromatic heterocycles. The molecule has 0 radical (unpaired) electrons. The van der Waals surface area contributed by atoms with Crippen LogP contribution in [-0.4, -0.2) is 53.4 Å². The van der Waals surface area contributed by atoms with Crippen molar-refractivity contribution in [1.82, 2.24) is 14.8 Å². The van der Waals surface area contributed by atoms with Crippen LogP contribution < -0.4 is 0 Å². The number of aromatic nitrogens is 1. The van der Waals surface area contributed by atoms with E-state index in [1.54, 1.807) is 4.90 Å². The average Bonchev–Trinajstić information content (AvgIpc) is 2.40. The van der Waals surface area contributed by atoms with Crippen LogP contribution in [0.15, 0.2) is 18.3 Å². The Morgan fingerprint density at radius 2 is 2.11 bits per heavy atom. The third-order valence-corrected chi connectivity index (χ3v) is 2.90. The Labute approximate surface area is 104 Å². The third kappa shape index (κ3) is 2.81. The molecule has 0 saturated carbocycles. The van der Waals surface area contributed by atoms with E-state index >= 15 is 0 Å². The second-order valence-corrected chi connectivity index (χ2v) is 4.09. The molecule has 94 valence electrons. The predicted octanol–water partition coefficient (Wildman–Crippen LogP) is 0.502. The van der Waals surface area contributed by atoms with Crippen molar-refractivity contribution in [3.05, 3.63) is 29.8 Å². The summed E-state index contributed by atoms with van der Waals surface area (Å²) >= 11 is 0. The molecule has 0 atom stereocenters. The number of hydrogen-bond donors (Lipinski definition) is 0. The fourth-order valence-electron chi connectivity index (χ4n) is 1.87. The second-order valence-electron chi connectivity index (χ2n) is 4.09. The van der Waals surface area contributed by atoms with E-state index in [1.807, 2.05) is 4.90 Å². The van der Waals surface area contributed by atoms with Crippen molar-refractivity contribution in [2.75, 3.05) is 32.7 Å². The van der Waals surface area contributed by atoms with Crippen molar-refractivity contribution in [2.45, 2.75) is 0 Å². The quantitative estimate of drug-likeness (QED) is 0.715. The summed E-state index contributed by atoms with van der Waals surface area (Å²) in [6.07, 6.45) is 1.04. The summed E-state index contributed by atoms with van der Waals surface area (Å²) in [4.78, 5) is 19.5. The van der Waals surface area contributed by atoms with Gasteiger partial charge < -0.3 is 4.90 Å². The van der Waals surface area contributed by atoms with Crippen LogP contribution >= 0.6 is 0 Å². The van der Waals surface area contributed by atoms with Crippen LogP contribution in [0.2, 0.25) is 0 Å². The Balaban J connectivity index is 1.95. The Morgan fingerprint density at radius 3 is 2.67 bits per heavy atom. The summed E-state index contributed by atoms with van der Waals surface area (Å²) in [5.41, 5.74) is 0.255. The van der Waals surface area contributed by atoms with Crippen molar-refractivity contribution < 1.29 is 9.18 Å². The van der Waals surface area contributed by atoms with Gasteiger partial charge in [-0.05, 0) is 12.1 Å². The van der Waals surface area contributed by atoms with E-state index in [9.17, 15) is 9.18 Å². The van der Waals surface area contributed by atoms with E-state index < -0.39 is 5.82 Å². The normalized spacial score (nSPS) is 16.3. The van der Waals surface area contributed by atoms with Gasteiger partial charge in [0.25, 0.3) is 5.91 Å². The van der Waals surface area contributed by atoms with E-state index in [0.29, 0.717) is 32.7 Å². The number of hydrogen-bond acceptors (Lipinski definition) is 4. The number of nitriles is 1. The molecule has 0 unspecified atom stereocenters. The van der Waals surface area contributed by atoms with E-state index in [-0.39, 0.29) is 11.6 Å². The molecule has 0 aliphatic carbocycles. The Kier molecular flexibility index (Phi) is 3.85. The fourth-order valence-corrected chi connectivity index (χ4v) is 1.87. The summed E-state index contributed by atoms with van der Waals surface area (Å²) in [5, 5.41) is 8.58. The summed E-state index contributed by atoms with van der Waals surface area (Å²) < 4.78 is 12.7. The highest BCUT2D eigenvalue weighted by Gasteiger charge is 2.22. The third-order valence-electron chi connectivity index (χ3n) is 2.90. The average molecular weight is 248 g/mol. The first-order chi connectivity index (χ1) is 8.70. The maximum atomic E-state index is 12.7. The fraction of sp³-hybridized carbons (Fsp3) is 0.417. The van der Waals surface area contributed by atoms with Gasteiger partial charge in [0.1, 0.15) is 11.5 Å². The second kappa shape index (κ2) is 5.56. The van der Waals surface area contributed by atoms with E-state index in [2.05, 4.69) is 11.1 Å². The first kappa shape index (κ1) is 12.5. The molecule has 1 aliphatic rings. The first-order valence-corrected chi connectivity index (χ1v) is 5.71. The number of rotatable bonds is 2. The van der Waals surface area contributed by atoms with Crippen LogP contribution in [0.5, 0.6) is 0 Å². The Bertz CT molecular complexity index is 460. The summed E-state index contributed by atoms with van der Waals surface area (Å²) in [5.74, 6) is -0.642. The molecule has 2 rings (SSSR count). The molecule has 1 aromatic rings. The van der Waals surface area contributed by atoms with Gasteiger partial charge >= 0.3 is 0 Å². The maximum Gasteiger partial charge on any atom is 0.272 e. The lowest BCUT2D eigenvalue weighted by Gasteiger charge is -2.33. The SMILES string of the molecule is N#CCN1CCN(C(=O)c2ccc(F)cn2)CC1. The largest absolute Gasteiger partial charge is 0.335 e. The smallest absolute Gasteiger partial charge is 0.272 e. The maximum absolute atomic E-state index is 12.7. The van der Waals surface area contributed by atoms with Crippen molar-refractivity contribution in [3.8, 4) is 6.07 Å². The number of amides is 1. The lowest BCUT2D eigenvalue weighted by Crippen LogP contribution is -2.48. The molecule has 18 heavy (non-hydrogen) atoms. The number of halogens is 1. The molecule has 2 heterocycles. The van der Waals surface area contributed by atoms with Gasteiger partial charge in [0.05, 0.1) is 18.8 Å². The molecular formula is C12H13FN4O. The molecule has 1 aliphatic heterocycles. The minimum absolute atomic E-state index is 0.188. The zero-order chi connectivity index (χ0) is 13.0. The van der Waals surface area contributed by atoms with Crippen LogP contribution in [-0.2, 0) is 0 Å².